The molecule has 1 amide bonds. The van der Waals surface area contributed by atoms with Crippen LogP contribution in [0.4, 0.5) is 13.2 Å². The number of hydrogen-bond donors (Lipinski definition) is 2. The van der Waals surface area contributed by atoms with Crippen LogP contribution >= 0.6 is 0 Å². The molecule has 0 aliphatic carbocycles. The quantitative estimate of drug-likeness (QED) is 0.672. The lowest BCUT2D eigenvalue weighted by molar-refractivity contribution is -0.174. The van der Waals surface area contributed by atoms with Crippen molar-refractivity contribution in [1.82, 2.24) is 10.6 Å². The number of alkyl halides is 3. The van der Waals surface area contributed by atoms with Gasteiger partial charge in [0.25, 0.3) is 0 Å². The minimum absolute atomic E-state index is 0.348. The normalized spacial score (nSPS) is 24.1. The highest BCUT2D eigenvalue weighted by molar-refractivity contribution is 5.81. The van der Waals surface area contributed by atoms with E-state index in [2.05, 4.69) is 5.32 Å². The maximum Gasteiger partial charge on any atom is 0.471 e. The van der Waals surface area contributed by atoms with Gasteiger partial charge in [-0.2, -0.15) is 13.2 Å². The Labute approximate surface area is 80.0 Å². The average Bonchev–Trinajstić information content (AvgIpc) is 2.31. The van der Waals surface area contributed by atoms with Crippen LogP contribution in [0.15, 0.2) is 0 Å². The van der Waals surface area contributed by atoms with Crippen LogP contribution in [0.1, 0.15) is 19.3 Å². The summed E-state index contributed by atoms with van der Waals surface area (Å²) in [6.07, 6.45) is -2.81. The van der Waals surface area contributed by atoms with Gasteiger partial charge in [-0.15, -0.1) is 0 Å². The third-order valence-corrected chi connectivity index (χ3v) is 2.17. The van der Waals surface area contributed by atoms with E-state index in [1.54, 1.807) is 0 Å². The molecule has 82 valence electrons. The predicted octanol–water partition coefficient (Wildman–Crippen LogP) is 0.807. The first kappa shape index (κ1) is 11.3. The van der Waals surface area contributed by atoms with Crippen molar-refractivity contribution in [2.45, 2.75) is 31.5 Å². The van der Waals surface area contributed by atoms with E-state index in [1.165, 1.54) is 0 Å². The Morgan fingerprint density at radius 2 is 2.00 bits per heavy atom. The first-order chi connectivity index (χ1) is 6.50. The summed E-state index contributed by atoms with van der Waals surface area (Å²) in [5.41, 5.74) is 0. The van der Waals surface area contributed by atoms with E-state index in [0.29, 0.717) is 19.4 Å². The minimum Gasteiger partial charge on any atom is -0.345 e. The number of hydrogen-bond acceptors (Lipinski definition) is 2. The summed E-state index contributed by atoms with van der Waals surface area (Å²) in [5.74, 6) is -1.83. The molecule has 1 atom stereocenters. The SMILES string of the molecule is O=C(N[C@H]1CCCNCC1)C(F)(F)F. The van der Waals surface area contributed by atoms with Crippen LogP contribution in [-0.2, 0) is 4.79 Å². The van der Waals surface area contributed by atoms with Gasteiger partial charge >= 0.3 is 12.1 Å². The van der Waals surface area contributed by atoms with E-state index in [1.807, 2.05) is 5.32 Å². The molecule has 0 aromatic heterocycles. The summed E-state index contributed by atoms with van der Waals surface area (Å²) < 4.78 is 35.6. The molecule has 1 aliphatic rings. The highest BCUT2D eigenvalue weighted by Crippen LogP contribution is 2.16. The minimum atomic E-state index is -4.76. The van der Waals surface area contributed by atoms with Crippen molar-refractivity contribution in [3.8, 4) is 0 Å². The smallest absolute Gasteiger partial charge is 0.345 e. The Bertz CT molecular complexity index is 197. The van der Waals surface area contributed by atoms with Gasteiger partial charge in [-0.25, -0.2) is 0 Å². The van der Waals surface area contributed by atoms with Gasteiger partial charge in [0.2, 0.25) is 0 Å². The molecule has 0 saturated carbocycles. The molecule has 0 radical (unpaired) electrons. The molecule has 1 heterocycles. The van der Waals surface area contributed by atoms with Crippen LogP contribution in [0.3, 0.4) is 0 Å². The third kappa shape index (κ3) is 3.53. The molecule has 0 aromatic carbocycles. The summed E-state index contributed by atoms with van der Waals surface area (Å²) in [7, 11) is 0. The lowest BCUT2D eigenvalue weighted by Crippen LogP contribution is -2.43. The highest BCUT2D eigenvalue weighted by Gasteiger charge is 2.39. The second-order valence-corrected chi connectivity index (χ2v) is 3.35. The molecular formula is C8H13F3N2O. The standard InChI is InChI=1S/C8H13F3N2O/c9-8(10,11)7(14)13-6-2-1-4-12-5-3-6/h6,12H,1-5H2,(H,13,14)/t6-/m0/s1. The van der Waals surface area contributed by atoms with E-state index < -0.39 is 12.1 Å². The van der Waals surface area contributed by atoms with Crippen LogP contribution in [0, 0.1) is 0 Å². The zero-order valence-electron chi connectivity index (χ0n) is 7.66. The molecule has 1 aliphatic heterocycles. The molecule has 3 nitrogen and oxygen atoms in total. The van der Waals surface area contributed by atoms with Gasteiger partial charge in [0.1, 0.15) is 0 Å². The molecule has 0 spiro atoms. The van der Waals surface area contributed by atoms with Crippen molar-refractivity contribution < 1.29 is 18.0 Å². The van der Waals surface area contributed by atoms with Crippen molar-refractivity contribution in [1.29, 1.82) is 0 Å². The van der Waals surface area contributed by atoms with Crippen LogP contribution in [0.25, 0.3) is 0 Å². The van der Waals surface area contributed by atoms with Gasteiger partial charge in [-0.3, -0.25) is 4.79 Å². The van der Waals surface area contributed by atoms with Gasteiger partial charge in [0.15, 0.2) is 0 Å². The van der Waals surface area contributed by atoms with Gasteiger partial charge < -0.3 is 10.6 Å². The van der Waals surface area contributed by atoms with Crippen LogP contribution in [0.5, 0.6) is 0 Å². The molecule has 0 unspecified atom stereocenters. The van der Waals surface area contributed by atoms with Crippen LogP contribution < -0.4 is 10.6 Å². The fraction of sp³-hybridized carbons (Fsp3) is 0.875. The van der Waals surface area contributed by atoms with Gasteiger partial charge in [-0.05, 0) is 32.4 Å². The Balaban J connectivity index is 2.38. The summed E-state index contributed by atoms with van der Waals surface area (Å²) in [4.78, 5) is 10.6. The average molecular weight is 210 g/mol. The van der Waals surface area contributed by atoms with Crippen LogP contribution in [-0.4, -0.2) is 31.2 Å². The summed E-state index contributed by atoms with van der Waals surface area (Å²) in [5, 5.41) is 5.05. The van der Waals surface area contributed by atoms with E-state index in [-0.39, 0.29) is 6.04 Å². The van der Waals surface area contributed by atoms with E-state index in [9.17, 15) is 18.0 Å². The summed E-state index contributed by atoms with van der Waals surface area (Å²) >= 11 is 0. The fourth-order valence-electron chi connectivity index (χ4n) is 1.43. The zero-order valence-corrected chi connectivity index (χ0v) is 7.66. The Morgan fingerprint density at radius 1 is 1.29 bits per heavy atom. The number of carbonyl (C=O) groups excluding carboxylic acids is 1. The lowest BCUT2D eigenvalue weighted by Gasteiger charge is -2.16. The molecule has 0 aromatic rings. The largest absolute Gasteiger partial charge is 0.471 e. The molecule has 1 rings (SSSR count). The second kappa shape index (κ2) is 4.63. The fourth-order valence-corrected chi connectivity index (χ4v) is 1.43. The number of nitrogens with one attached hydrogen (secondary N) is 2. The van der Waals surface area contributed by atoms with Crippen molar-refractivity contribution in [2.75, 3.05) is 13.1 Å². The molecular weight excluding hydrogens is 197 g/mol. The second-order valence-electron chi connectivity index (χ2n) is 3.35. The lowest BCUT2D eigenvalue weighted by atomic mass is 10.1. The predicted molar refractivity (Wildman–Crippen MR) is 44.7 cm³/mol. The van der Waals surface area contributed by atoms with Crippen molar-refractivity contribution in [3.05, 3.63) is 0 Å². The van der Waals surface area contributed by atoms with Gasteiger partial charge in [-0.1, -0.05) is 0 Å². The maximum absolute atomic E-state index is 11.9. The third-order valence-electron chi connectivity index (χ3n) is 2.17. The van der Waals surface area contributed by atoms with Gasteiger partial charge in [0, 0.05) is 6.04 Å². The summed E-state index contributed by atoms with van der Waals surface area (Å²) in [6.45, 7) is 1.46. The van der Waals surface area contributed by atoms with Gasteiger partial charge in [0.05, 0.1) is 0 Å². The number of carbonyl (C=O) groups is 1. The first-order valence-electron chi connectivity index (χ1n) is 4.58. The molecule has 2 N–H and O–H groups in total. The number of rotatable bonds is 1. The Morgan fingerprint density at radius 3 is 2.64 bits per heavy atom. The topological polar surface area (TPSA) is 41.1 Å². The molecule has 0 bridgehead atoms. The molecule has 1 saturated heterocycles. The van der Waals surface area contributed by atoms with Crippen molar-refractivity contribution >= 4 is 5.91 Å². The Kier molecular flexibility index (Phi) is 3.74. The monoisotopic (exact) mass is 210 g/mol. The van der Waals surface area contributed by atoms with E-state index >= 15 is 0 Å². The van der Waals surface area contributed by atoms with E-state index in [4.69, 9.17) is 0 Å². The maximum atomic E-state index is 11.9. The molecule has 14 heavy (non-hydrogen) atoms. The number of amides is 1. The Hall–Kier alpha value is -0.780. The highest BCUT2D eigenvalue weighted by atomic mass is 19.4. The summed E-state index contributed by atoms with van der Waals surface area (Å²) in [6, 6.07) is -0.348. The molecule has 6 heteroatoms. The number of halogens is 3. The molecule has 1 fully saturated rings. The van der Waals surface area contributed by atoms with Crippen molar-refractivity contribution in [2.24, 2.45) is 0 Å². The van der Waals surface area contributed by atoms with Crippen LogP contribution in [0.2, 0.25) is 0 Å². The van der Waals surface area contributed by atoms with Crippen molar-refractivity contribution in [3.63, 3.8) is 0 Å². The first-order valence-corrected chi connectivity index (χ1v) is 4.58. The van der Waals surface area contributed by atoms with E-state index in [0.717, 1.165) is 13.0 Å². The zero-order chi connectivity index (χ0) is 10.6.